The van der Waals surface area contributed by atoms with E-state index in [4.69, 9.17) is 4.74 Å². The molecule has 1 aliphatic carbocycles. The number of hydrogen-bond donors (Lipinski definition) is 1. The maximum atomic E-state index is 5.69. The zero-order chi connectivity index (χ0) is 12.0. The number of nitrogens with one attached hydrogen (secondary N) is 1. The van der Waals surface area contributed by atoms with Gasteiger partial charge in [-0.3, -0.25) is 0 Å². The molecule has 0 amide bonds. The van der Waals surface area contributed by atoms with Gasteiger partial charge in [0, 0.05) is 13.2 Å². The van der Waals surface area contributed by atoms with Gasteiger partial charge in [0.2, 0.25) is 0 Å². The zero-order valence-corrected chi connectivity index (χ0v) is 11.5. The van der Waals surface area contributed by atoms with Crippen LogP contribution in [0.3, 0.4) is 0 Å². The molecule has 0 aromatic rings. The molecule has 1 N–H and O–H groups in total. The lowest BCUT2D eigenvalue weighted by atomic mass is 9.81. The Kier molecular flexibility index (Phi) is 5.77. The van der Waals surface area contributed by atoms with E-state index in [1.807, 2.05) is 0 Å². The van der Waals surface area contributed by atoms with Crippen LogP contribution in [0.4, 0.5) is 0 Å². The van der Waals surface area contributed by atoms with Crippen LogP contribution in [0.2, 0.25) is 0 Å². The minimum atomic E-state index is 0.368. The molecule has 1 rings (SSSR count). The highest BCUT2D eigenvalue weighted by molar-refractivity contribution is 4.92. The van der Waals surface area contributed by atoms with Crippen LogP contribution in [0.5, 0.6) is 0 Å². The highest BCUT2D eigenvalue weighted by atomic mass is 16.5. The zero-order valence-electron chi connectivity index (χ0n) is 11.5. The lowest BCUT2D eigenvalue weighted by Gasteiger charge is -2.30. The largest absolute Gasteiger partial charge is 0.379 e. The van der Waals surface area contributed by atoms with E-state index in [1.165, 1.54) is 25.7 Å². The van der Waals surface area contributed by atoms with E-state index >= 15 is 0 Å². The van der Waals surface area contributed by atoms with Crippen LogP contribution in [0.15, 0.2) is 0 Å². The third-order valence-corrected chi connectivity index (χ3v) is 3.64. The number of rotatable bonds is 9. The van der Waals surface area contributed by atoms with E-state index in [1.54, 1.807) is 0 Å². The second kappa shape index (κ2) is 6.61. The van der Waals surface area contributed by atoms with Crippen molar-refractivity contribution in [1.82, 2.24) is 5.32 Å². The quantitative estimate of drug-likeness (QED) is 0.611. The molecule has 0 spiro atoms. The van der Waals surface area contributed by atoms with Crippen LogP contribution in [0.1, 0.15) is 53.4 Å². The molecule has 0 radical (unpaired) electrons. The summed E-state index contributed by atoms with van der Waals surface area (Å²) in [6.07, 6.45) is 5.64. The van der Waals surface area contributed by atoms with Crippen LogP contribution in [0, 0.1) is 11.3 Å². The molecule has 0 heterocycles. The molecule has 2 heteroatoms. The Morgan fingerprint density at radius 1 is 1.38 bits per heavy atom. The Balaban J connectivity index is 2.27. The molecule has 1 aliphatic rings. The Hall–Kier alpha value is -0.0800. The van der Waals surface area contributed by atoms with Crippen LogP contribution in [-0.2, 0) is 4.74 Å². The summed E-state index contributed by atoms with van der Waals surface area (Å²) in [4.78, 5) is 0. The summed E-state index contributed by atoms with van der Waals surface area (Å²) in [5.74, 6) is 0.938. The molecular formula is C14H29NO. The third kappa shape index (κ3) is 4.84. The smallest absolute Gasteiger partial charge is 0.0518 e. The molecule has 0 bridgehead atoms. The van der Waals surface area contributed by atoms with Gasteiger partial charge in [0.25, 0.3) is 0 Å². The van der Waals surface area contributed by atoms with E-state index in [2.05, 4.69) is 33.0 Å². The monoisotopic (exact) mass is 227 g/mol. The highest BCUT2D eigenvalue weighted by Crippen LogP contribution is 2.47. The van der Waals surface area contributed by atoms with Crippen LogP contribution in [-0.4, -0.2) is 25.8 Å². The molecule has 0 saturated heterocycles. The van der Waals surface area contributed by atoms with Gasteiger partial charge < -0.3 is 10.1 Å². The predicted octanol–water partition coefficient (Wildman–Crippen LogP) is 3.22. The fourth-order valence-corrected chi connectivity index (χ4v) is 2.30. The van der Waals surface area contributed by atoms with E-state index < -0.39 is 0 Å². The van der Waals surface area contributed by atoms with Gasteiger partial charge in [-0.15, -0.1) is 0 Å². The van der Waals surface area contributed by atoms with Crippen molar-refractivity contribution in [3.63, 3.8) is 0 Å². The number of ether oxygens (including phenoxy) is 1. The molecule has 96 valence electrons. The van der Waals surface area contributed by atoms with Gasteiger partial charge in [-0.2, -0.15) is 0 Å². The first kappa shape index (κ1) is 14.0. The Morgan fingerprint density at radius 2 is 2.06 bits per heavy atom. The summed E-state index contributed by atoms with van der Waals surface area (Å²) in [5.41, 5.74) is 0.462. The molecular weight excluding hydrogens is 198 g/mol. The van der Waals surface area contributed by atoms with Crippen LogP contribution >= 0.6 is 0 Å². The highest BCUT2D eigenvalue weighted by Gasteiger charge is 2.40. The molecule has 1 fully saturated rings. The van der Waals surface area contributed by atoms with Gasteiger partial charge >= 0.3 is 0 Å². The average Bonchev–Trinajstić information content (AvgIpc) is 3.00. The van der Waals surface area contributed by atoms with Gasteiger partial charge in [-0.05, 0) is 57.4 Å². The Labute approximate surface area is 101 Å². The van der Waals surface area contributed by atoms with Crippen molar-refractivity contribution in [1.29, 1.82) is 0 Å². The summed E-state index contributed by atoms with van der Waals surface area (Å²) >= 11 is 0. The van der Waals surface area contributed by atoms with E-state index in [-0.39, 0.29) is 0 Å². The predicted molar refractivity (Wildman–Crippen MR) is 69.7 cm³/mol. The van der Waals surface area contributed by atoms with E-state index in [9.17, 15) is 0 Å². The minimum absolute atomic E-state index is 0.368. The van der Waals surface area contributed by atoms with Crippen molar-refractivity contribution in [2.75, 3.05) is 19.7 Å². The topological polar surface area (TPSA) is 21.3 Å². The molecule has 0 aliphatic heterocycles. The van der Waals surface area contributed by atoms with Gasteiger partial charge in [-0.1, -0.05) is 13.8 Å². The fourth-order valence-electron chi connectivity index (χ4n) is 2.30. The normalized spacial score (nSPS) is 20.1. The Morgan fingerprint density at radius 3 is 2.56 bits per heavy atom. The standard InChI is InChI=1S/C14H29NO/c1-5-9-15-11-14(4,13-6-7-13)8-10-16-12(2)3/h12-13,15H,5-11H2,1-4H3. The van der Waals surface area contributed by atoms with Crippen molar-refractivity contribution >= 4 is 0 Å². The third-order valence-electron chi connectivity index (χ3n) is 3.64. The molecule has 1 atom stereocenters. The molecule has 1 unspecified atom stereocenters. The molecule has 0 aromatic heterocycles. The summed E-state index contributed by atoms with van der Waals surface area (Å²) < 4.78 is 5.69. The van der Waals surface area contributed by atoms with Gasteiger partial charge in [0.1, 0.15) is 0 Å². The lowest BCUT2D eigenvalue weighted by molar-refractivity contribution is 0.0489. The first-order valence-electron chi connectivity index (χ1n) is 6.91. The number of hydrogen-bond acceptors (Lipinski definition) is 2. The first-order chi connectivity index (χ1) is 7.58. The van der Waals surface area contributed by atoms with Crippen molar-refractivity contribution in [2.45, 2.75) is 59.5 Å². The van der Waals surface area contributed by atoms with Gasteiger partial charge in [0.15, 0.2) is 0 Å². The minimum Gasteiger partial charge on any atom is -0.379 e. The van der Waals surface area contributed by atoms with Crippen molar-refractivity contribution in [2.24, 2.45) is 11.3 Å². The average molecular weight is 227 g/mol. The maximum Gasteiger partial charge on any atom is 0.0518 e. The SMILES string of the molecule is CCCNCC(C)(CCOC(C)C)C1CC1. The summed E-state index contributed by atoms with van der Waals surface area (Å²) in [6, 6.07) is 0. The molecule has 1 saturated carbocycles. The summed E-state index contributed by atoms with van der Waals surface area (Å²) in [7, 11) is 0. The second-order valence-electron chi connectivity index (χ2n) is 5.77. The van der Waals surface area contributed by atoms with Crippen LogP contribution < -0.4 is 5.32 Å². The van der Waals surface area contributed by atoms with E-state index in [0.29, 0.717) is 11.5 Å². The van der Waals surface area contributed by atoms with E-state index in [0.717, 1.165) is 25.6 Å². The second-order valence-corrected chi connectivity index (χ2v) is 5.77. The van der Waals surface area contributed by atoms with Crippen LogP contribution in [0.25, 0.3) is 0 Å². The molecule has 0 aromatic carbocycles. The first-order valence-corrected chi connectivity index (χ1v) is 6.91. The van der Waals surface area contributed by atoms with Crippen molar-refractivity contribution < 1.29 is 4.74 Å². The fraction of sp³-hybridized carbons (Fsp3) is 1.00. The Bertz CT molecular complexity index is 189. The lowest BCUT2D eigenvalue weighted by Crippen LogP contribution is -2.35. The van der Waals surface area contributed by atoms with Gasteiger partial charge in [-0.25, -0.2) is 0 Å². The summed E-state index contributed by atoms with van der Waals surface area (Å²) in [5, 5.41) is 3.58. The van der Waals surface area contributed by atoms with Gasteiger partial charge in [0.05, 0.1) is 6.10 Å². The summed E-state index contributed by atoms with van der Waals surface area (Å²) in [6.45, 7) is 12.1. The maximum absolute atomic E-state index is 5.69. The molecule has 2 nitrogen and oxygen atoms in total. The van der Waals surface area contributed by atoms with Crippen molar-refractivity contribution in [3.8, 4) is 0 Å². The van der Waals surface area contributed by atoms with Crippen molar-refractivity contribution in [3.05, 3.63) is 0 Å². The molecule has 16 heavy (non-hydrogen) atoms.